The molecule has 4 heterocycles. The topological polar surface area (TPSA) is 127 Å². The maximum absolute atomic E-state index is 15.0. The van der Waals surface area contributed by atoms with Crippen LogP contribution in [0.25, 0.3) is 11.2 Å². The number of ether oxygens (including phenoxy) is 5. The summed E-state index contributed by atoms with van der Waals surface area (Å²) in [4.78, 5) is 9.13. The third kappa shape index (κ3) is 8.79. The molecule has 2 aliphatic rings. The van der Waals surface area contributed by atoms with Gasteiger partial charge in [0.25, 0.3) is 0 Å². The fourth-order valence-electron chi connectivity index (χ4n) is 5.09. The van der Waals surface area contributed by atoms with E-state index in [9.17, 15) is 18.1 Å². The van der Waals surface area contributed by atoms with E-state index in [2.05, 4.69) is 33.1 Å². The van der Waals surface area contributed by atoms with Gasteiger partial charge in [-0.15, -0.1) is 0 Å². The zero-order chi connectivity index (χ0) is 33.2. The molecule has 11 nitrogen and oxygen atoms in total. The maximum atomic E-state index is 15.0. The summed E-state index contributed by atoms with van der Waals surface area (Å²) in [5.74, 6) is -0.671. The number of aromatic nitrogens is 3. The van der Waals surface area contributed by atoms with Crippen molar-refractivity contribution in [3.8, 4) is 11.9 Å². The molecule has 16 heteroatoms. The molecule has 0 bridgehead atoms. The third-order valence-corrected chi connectivity index (χ3v) is 9.95. The van der Waals surface area contributed by atoms with Crippen LogP contribution in [0.1, 0.15) is 17.5 Å². The van der Waals surface area contributed by atoms with Gasteiger partial charge in [0.05, 0.1) is 25.4 Å². The van der Waals surface area contributed by atoms with E-state index in [1.54, 1.807) is 17.1 Å². The Morgan fingerprint density at radius 2 is 1.80 bits per heavy atom. The number of hydrogen-bond acceptors (Lipinski definition) is 10. The molecule has 0 aliphatic carbocycles. The second-order valence-corrected chi connectivity index (χ2v) is 20.2. The van der Waals surface area contributed by atoms with E-state index in [0.29, 0.717) is 42.7 Å². The molecular weight excluding hydrogens is 666 g/mol. The highest BCUT2D eigenvalue weighted by atomic mass is 35.5. The summed E-state index contributed by atoms with van der Waals surface area (Å²) in [5.41, 5.74) is 0.934. The lowest BCUT2D eigenvalue weighted by molar-refractivity contribution is 0.00343. The van der Waals surface area contributed by atoms with Gasteiger partial charge in [0.15, 0.2) is 11.8 Å². The Morgan fingerprint density at radius 1 is 1.09 bits per heavy atom. The van der Waals surface area contributed by atoms with Gasteiger partial charge in [0, 0.05) is 34.5 Å². The van der Waals surface area contributed by atoms with Crippen molar-refractivity contribution in [1.29, 1.82) is 0 Å². The summed E-state index contributed by atoms with van der Waals surface area (Å²) in [5, 5.41) is 10.2. The van der Waals surface area contributed by atoms with Crippen molar-refractivity contribution in [2.45, 2.75) is 50.6 Å². The van der Waals surface area contributed by atoms with Gasteiger partial charge in [-0.2, -0.15) is 9.97 Å². The highest BCUT2D eigenvalue weighted by Crippen LogP contribution is 2.35. The number of imidazole rings is 1. The van der Waals surface area contributed by atoms with E-state index in [1.165, 1.54) is 18.2 Å². The van der Waals surface area contributed by atoms with Crippen LogP contribution in [0.4, 0.5) is 8.78 Å². The second kappa shape index (κ2) is 14.5. The Kier molecular flexibility index (Phi) is 11.0. The summed E-state index contributed by atoms with van der Waals surface area (Å²) in [6.45, 7) is 0.809. The van der Waals surface area contributed by atoms with Crippen LogP contribution >= 0.6 is 21.6 Å². The lowest BCUT2D eigenvalue weighted by atomic mass is 10.1. The SMILES string of the molecule is CS(C)(C)CCOCn1c(O[C@@H]2CO[C@H]3[C@@H]2OC[C@H]3O)nc2cc(Cl)c(OCc3c(F)cc(CCCN=S(C)(C)=O)cc3F)nc21. The van der Waals surface area contributed by atoms with E-state index in [4.69, 9.17) is 35.3 Å². The molecule has 5 rings (SSSR count). The van der Waals surface area contributed by atoms with Gasteiger partial charge in [-0.1, -0.05) is 11.6 Å². The number of rotatable bonds is 14. The van der Waals surface area contributed by atoms with Gasteiger partial charge in [0.2, 0.25) is 5.88 Å². The Labute approximate surface area is 274 Å². The molecule has 256 valence electrons. The fraction of sp³-hybridized carbons (Fsp3) is 0.600. The predicted molar refractivity (Wildman–Crippen MR) is 175 cm³/mol. The number of aliphatic hydroxyl groups excluding tert-OH is 1. The molecule has 2 aromatic heterocycles. The minimum Gasteiger partial charge on any atom is -0.471 e. The van der Waals surface area contributed by atoms with Gasteiger partial charge >= 0.3 is 6.01 Å². The molecule has 1 N–H and O–H groups in total. The number of halogens is 3. The first kappa shape index (κ1) is 35.0. The predicted octanol–water partition coefficient (Wildman–Crippen LogP) is 4.18. The first-order valence-corrected chi connectivity index (χ1v) is 20.5. The molecule has 2 fully saturated rings. The Bertz CT molecular complexity index is 1650. The quantitative estimate of drug-likeness (QED) is 0.246. The van der Waals surface area contributed by atoms with Crippen LogP contribution in [0.15, 0.2) is 22.6 Å². The Hall–Kier alpha value is -2.27. The smallest absolute Gasteiger partial charge is 0.301 e. The largest absolute Gasteiger partial charge is 0.471 e. The standard InChI is InChI=1S/C30H41ClF2N4O7S2/c1-45(2,3)10-9-40-17-37-28-23(35-30(37)44-25-16-42-26-24(38)15-41-27(25)26)13-20(31)29(36-28)43-14-19-21(32)11-18(12-22(19)33)7-6-8-34-46(4,5)39/h11-13,24-27,38H,6-10,14-17H2,1-5H3/t24-,25-,26-,27-/m1/s1. The van der Waals surface area contributed by atoms with Crippen LogP contribution in [-0.4, -0.2) is 112 Å². The molecule has 0 spiro atoms. The van der Waals surface area contributed by atoms with Crippen LogP contribution in [0.2, 0.25) is 5.02 Å². The molecule has 4 atom stereocenters. The fourth-order valence-corrected chi connectivity index (χ4v) is 6.47. The van der Waals surface area contributed by atoms with Crippen molar-refractivity contribution in [2.24, 2.45) is 4.36 Å². The number of benzene rings is 1. The Balaban J connectivity index is 1.34. The minimum absolute atomic E-state index is 0.0419. The molecular formula is C30H41ClF2N4O7S2. The molecule has 1 aromatic carbocycles. The number of fused-ring (bicyclic) bond motifs is 2. The molecule has 46 heavy (non-hydrogen) atoms. The van der Waals surface area contributed by atoms with Gasteiger partial charge in [-0.3, -0.25) is 8.78 Å². The second-order valence-electron chi connectivity index (χ2n) is 12.6. The van der Waals surface area contributed by atoms with Crippen molar-refractivity contribution in [1.82, 2.24) is 14.5 Å². The molecule has 0 unspecified atom stereocenters. The van der Waals surface area contributed by atoms with E-state index < -0.39 is 62.4 Å². The van der Waals surface area contributed by atoms with E-state index in [1.807, 2.05) is 0 Å². The van der Waals surface area contributed by atoms with E-state index in [0.717, 1.165) is 5.75 Å². The number of aliphatic hydroxyl groups is 1. The molecule has 0 amide bonds. The van der Waals surface area contributed by atoms with Crippen molar-refractivity contribution < 1.29 is 41.8 Å². The summed E-state index contributed by atoms with van der Waals surface area (Å²) in [6, 6.07) is 4.25. The van der Waals surface area contributed by atoms with Crippen LogP contribution in [0, 0.1) is 11.6 Å². The van der Waals surface area contributed by atoms with Crippen LogP contribution in [0.5, 0.6) is 11.9 Å². The summed E-state index contributed by atoms with van der Waals surface area (Å²) < 4.78 is 76.7. The average molecular weight is 707 g/mol. The highest BCUT2D eigenvalue weighted by Gasteiger charge is 2.49. The van der Waals surface area contributed by atoms with Crippen LogP contribution < -0.4 is 9.47 Å². The number of hydrogen-bond donors (Lipinski definition) is 1. The summed E-state index contributed by atoms with van der Waals surface area (Å²) in [7, 11) is -3.01. The molecule has 0 radical (unpaired) electrons. The molecule has 2 aliphatic heterocycles. The average Bonchev–Trinajstić information content (AvgIpc) is 3.62. The van der Waals surface area contributed by atoms with Gasteiger partial charge in [0.1, 0.15) is 53.8 Å². The highest BCUT2D eigenvalue weighted by molar-refractivity contribution is 8.32. The number of aryl methyl sites for hydroxylation is 1. The van der Waals surface area contributed by atoms with E-state index in [-0.39, 0.29) is 42.4 Å². The molecule has 0 saturated carbocycles. The lowest BCUT2D eigenvalue weighted by Crippen LogP contribution is -2.35. The summed E-state index contributed by atoms with van der Waals surface area (Å²) >= 11 is 6.48. The maximum Gasteiger partial charge on any atom is 0.301 e. The first-order valence-electron chi connectivity index (χ1n) is 14.8. The van der Waals surface area contributed by atoms with Crippen molar-refractivity contribution in [3.05, 3.63) is 46.0 Å². The third-order valence-electron chi connectivity index (χ3n) is 7.49. The number of nitrogens with zero attached hydrogens (tertiary/aromatic N) is 4. The van der Waals surface area contributed by atoms with Gasteiger partial charge in [-0.25, -0.2) is 23.2 Å². The monoisotopic (exact) mass is 706 g/mol. The van der Waals surface area contributed by atoms with Crippen molar-refractivity contribution >= 4 is 42.5 Å². The number of pyridine rings is 1. The Morgan fingerprint density at radius 3 is 2.50 bits per heavy atom. The molecule has 2 saturated heterocycles. The zero-order valence-electron chi connectivity index (χ0n) is 26.5. The minimum atomic E-state index is -2.22. The van der Waals surface area contributed by atoms with Crippen molar-refractivity contribution in [3.63, 3.8) is 0 Å². The molecule has 3 aromatic rings. The van der Waals surface area contributed by atoms with E-state index >= 15 is 0 Å². The lowest BCUT2D eigenvalue weighted by Gasteiger charge is -2.24. The normalized spacial score (nSPS) is 21.9. The van der Waals surface area contributed by atoms with Crippen molar-refractivity contribution in [2.75, 3.05) is 63.4 Å². The zero-order valence-corrected chi connectivity index (χ0v) is 28.9. The van der Waals surface area contributed by atoms with Crippen LogP contribution in [0.3, 0.4) is 0 Å². The van der Waals surface area contributed by atoms with Gasteiger partial charge < -0.3 is 28.8 Å². The van der Waals surface area contributed by atoms with Gasteiger partial charge in [-0.05, 0) is 55.4 Å². The summed E-state index contributed by atoms with van der Waals surface area (Å²) in [6.07, 6.45) is 8.38. The van der Waals surface area contributed by atoms with Crippen LogP contribution in [-0.2, 0) is 43.7 Å². The first-order chi connectivity index (χ1) is 21.7.